The Morgan fingerprint density at radius 2 is 1.96 bits per heavy atom. The van der Waals surface area contributed by atoms with Crippen molar-refractivity contribution in [1.82, 2.24) is 4.90 Å². The number of benzene rings is 1. The normalized spacial score (nSPS) is 25.3. The summed E-state index contributed by atoms with van der Waals surface area (Å²) in [5.41, 5.74) is 5.71. The minimum absolute atomic E-state index is 0.0496. The maximum absolute atomic E-state index is 13.2. The second kappa shape index (κ2) is 7.98. The molecule has 26 heavy (non-hydrogen) atoms. The van der Waals surface area contributed by atoms with Gasteiger partial charge in [-0.05, 0) is 49.3 Å². The zero-order valence-electron chi connectivity index (χ0n) is 15.6. The van der Waals surface area contributed by atoms with Gasteiger partial charge in [-0.3, -0.25) is 9.59 Å². The number of hydrogen-bond acceptors (Lipinski definition) is 4. The van der Waals surface area contributed by atoms with Gasteiger partial charge in [0.2, 0.25) is 0 Å². The molecule has 0 radical (unpaired) electrons. The molecule has 1 aromatic carbocycles. The van der Waals surface area contributed by atoms with Crippen LogP contribution in [0.3, 0.4) is 0 Å². The Labute approximate surface area is 154 Å². The third-order valence-corrected chi connectivity index (χ3v) is 5.78. The summed E-state index contributed by atoms with van der Waals surface area (Å²) in [5.74, 6) is 1.63. The van der Waals surface area contributed by atoms with Crippen molar-refractivity contribution < 1.29 is 19.1 Å². The summed E-state index contributed by atoms with van der Waals surface area (Å²) in [5, 5.41) is 0. The van der Waals surface area contributed by atoms with Gasteiger partial charge < -0.3 is 20.1 Å². The highest BCUT2D eigenvalue weighted by Gasteiger charge is 2.39. The Balaban J connectivity index is 1.79. The molecule has 142 valence electrons. The number of carbonyl (C=O) groups is 2. The Hall–Kier alpha value is -2.24. The van der Waals surface area contributed by atoms with Gasteiger partial charge in [0.25, 0.3) is 11.8 Å². The van der Waals surface area contributed by atoms with Crippen molar-refractivity contribution in [3.05, 3.63) is 23.8 Å². The van der Waals surface area contributed by atoms with Crippen molar-refractivity contribution in [2.24, 2.45) is 17.6 Å². The maximum atomic E-state index is 13.2. The zero-order chi connectivity index (χ0) is 18.7. The Kier molecular flexibility index (Phi) is 5.69. The number of likely N-dealkylation sites (tertiary alicyclic amines) is 1. The number of nitrogens with zero attached hydrogens (tertiary/aromatic N) is 1. The first-order valence-electron chi connectivity index (χ1n) is 9.41. The van der Waals surface area contributed by atoms with Gasteiger partial charge >= 0.3 is 0 Å². The lowest BCUT2D eigenvalue weighted by Crippen LogP contribution is -2.52. The minimum Gasteiger partial charge on any atom is -0.493 e. The van der Waals surface area contributed by atoms with Crippen LogP contribution in [0.15, 0.2) is 18.2 Å². The highest BCUT2D eigenvalue weighted by atomic mass is 16.5. The number of ether oxygens (including phenoxy) is 2. The van der Waals surface area contributed by atoms with E-state index in [2.05, 4.69) is 11.8 Å². The highest BCUT2D eigenvalue weighted by Crippen LogP contribution is 2.39. The van der Waals surface area contributed by atoms with Gasteiger partial charge in [0.05, 0.1) is 7.11 Å². The third kappa shape index (κ3) is 3.79. The van der Waals surface area contributed by atoms with E-state index in [1.165, 1.54) is 26.4 Å². The maximum Gasteiger partial charge on any atom is 0.255 e. The first-order chi connectivity index (χ1) is 12.5. The molecule has 1 saturated carbocycles. The van der Waals surface area contributed by atoms with Crippen LogP contribution in [0.25, 0.3) is 0 Å². The highest BCUT2D eigenvalue weighted by molar-refractivity contribution is 5.95. The van der Waals surface area contributed by atoms with E-state index in [4.69, 9.17) is 15.2 Å². The summed E-state index contributed by atoms with van der Waals surface area (Å²) in [6.07, 6.45) is 5.84. The molecule has 2 fully saturated rings. The predicted octanol–water partition coefficient (Wildman–Crippen LogP) is 2.60. The summed E-state index contributed by atoms with van der Waals surface area (Å²) < 4.78 is 10.7. The van der Waals surface area contributed by atoms with Gasteiger partial charge in [-0.25, -0.2) is 0 Å². The van der Waals surface area contributed by atoms with Crippen LogP contribution in [-0.4, -0.2) is 43.0 Å². The smallest absolute Gasteiger partial charge is 0.255 e. The standard InChI is InChI=1S/C20H28N2O4/c1-13-9-10-22(16-6-4-3-5-15(13)16)20(24)14-7-8-17(18(11-14)25-2)26-12-19(21)23/h7-8,11,13,15-16H,3-6,9-10,12H2,1-2H3,(H2,21,23)/t13-,15-,16-/m0/s1. The Morgan fingerprint density at radius 1 is 1.19 bits per heavy atom. The van der Waals surface area contributed by atoms with Gasteiger partial charge in [0.15, 0.2) is 18.1 Å². The lowest BCUT2D eigenvalue weighted by Gasteiger charge is -2.47. The zero-order valence-corrected chi connectivity index (χ0v) is 15.6. The summed E-state index contributed by atoms with van der Waals surface area (Å²) in [6.45, 7) is 2.90. The number of piperidine rings is 1. The first kappa shape index (κ1) is 18.5. The number of fused-ring (bicyclic) bond motifs is 1. The molecule has 1 aliphatic carbocycles. The molecule has 3 rings (SSSR count). The number of hydrogen-bond donors (Lipinski definition) is 1. The van der Waals surface area contributed by atoms with E-state index in [1.807, 2.05) is 0 Å². The van der Waals surface area contributed by atoms with E-state index in [0.717, 1.165) is 19.4 Å². The van der Waals surface area contributed by atoms with Crippen molar-refractivity contribution >= 4 is 11.8 Å². The molecule has 1 aromatic rings. The second-order valence-corrected chi connectivity index (χ2v) is 7.40. The van der Waals surface area contributed by atoms with Gasteiger partial charge in [0.1, 0.15) is 0 Å². The second-order valence-electron chi connectivity index (χ2n) is 7.40. The Morgan fingerprint density at radius 3 is 2.69 bits per heavy atom. The molecule has 0 bridgehead atoms. The summed E-state index contributed by atoms with van der Waals surface area (Å²) in [4.78, 5) is 26.1. The molecule has 1 aliphatic heterocycles. The number of methoxy groups -OCH3 is 1. The number of nitrogens with two attached hydrogens (primary N) is 1. The molecule has 2 aliphatic rings. The lowest BCUT2D eigenvalue weighted by atomic mass is 9.72. The molecular formula is C20H28N2O4. The van der Waals surface area contributed by atoms with Crippen molar-refractivity contribution in [3.63, 3.8) is 0 Å². The fraction of sp³-hybridized carbons (Fsp3) is 0.600. The summed E-state index contributed by atoms with van der Waals surface area (Å²) in [7, 11) is 1.51. The van der Waals surface area contributed by atoms with Crippen LogP contribution in [-0.2, 0) is 4.79 Å². The molecule has 3 atom stereocenters. The first-order valence-corrected chi connectivity index (χ1v) is 9.41. The molecule has 0 unspecified atom stereocenters. The van der Waals surface area contributed by atoms with Gasteiger partial charge in [0, 0.05) is 18.2 Å². The molecule has 2 N–H and O–H groups in total. The molecule has 1 saturated heterocycles. The molecule has 0 aromatic heterocycles. The van der Waals surface area contributed by atoms with Gasteiger partial charge in [-0.2, -0.15) is 0 Å². The molecular weight excluding hydrogens is 332 g/mol. The summed E-state index contributed by atoms with van der Waals surface area (Å²) in [6, 6.07) is 5.43. The number of carbonyl (C=O) groups excluding carboxylic acids is 2. The number of primary amides is 1. The van der Waals surface area contributed by atoms with Crippen LogP contribution in [0.2, 0.25) is 0 Å². The fourth-order valence-corrected chi connectivity index (χ4v) is 4.40. The van der Waals surface area contributed by atoms with E-state index in [1.54, 1.807) is 18.2 Å². The fourth-order valence-electron chi connectivity index (χ4n) is 4.40. The van der Waals surface area contributed by atoms with E-state index in [9.17, 15) is 9.59 Å². The van der Waals surface area contributed by atoms with Crippen LogP contribution in [0, 0.1) is 11.8 Å². The monoisotopic (exact) mass is 360 g/mol. The SMILES string of the molecule is COc1cc(C(=O)N2CC[C@H](C)[C@@H]3CCCC[C@@H]32)ccc1OCC(N)=O. The topological polar surface area (TPSA) is 81.9 Å². The Bertz CT molecular complexity index is 676. The minimum atomic E-state index is -0.557. The van der Waals surface area contributed by atoms with Crippen molar-refractivity contribution in [3.8, 4) is 11.5 Å². The largest absolute Gasteiger partial charge is 0.493 e. The molecule has 2 amide bonds. The molecule has 0 spiro atoms. The van der Waals surface area contributed by atoms with Crippen molar-refractivity contribution in [2.45, 2.75) is 45.1 Å². The van der Waals surface area contributed by atoms with E-state index >= 15 is 0 Å². The quantitative estimate of drug-likeness (QED) is 0.875. The van der Waals surface area contributed by atoms with Crippen LogP contribution in [0.4, 0.5) is 0 Å². The number of rotatable bonds is 5. The van der Waals surface area contributed by atoms with Crippen molar-refractivity contribution in [2.75, 3.05) is 20.3 Å². The van der Waals surface area contributed by atoms with E-state index in [0.29, 0.717) is 34.9 Å². The van der Waals surface area contributed by atoms with E-state index in [-0.39, 0.29) is 12.5 Å². The third-order valence-electron chi connectivity index (χ3n) is 5.78. The lowest BCUT2D eigenvalue weighted by molar-refractivity contribution is -0.119. The van der Waals surface area contributed by atoms with E-state index < -0.39 is 5.91 Å². The van der Waals surface area contributed by atoms with Crippen LogP contribution < -0.4 is 15.2 Å². The molecule has 6 heteroatoms. The van der Waals surface area contributed by atoms with Gasteiger partial charge in [-0.1, -0.05) is 19.8 Å². The average molecular weight is 360 g/mol. The predicted molar refractivity (Wildman–Crippen MR) is 98.2 cm³/mol. The van der Waals surface area contributed by atoms with Crippen LogP contribution in [0.1, 0.15) is 49.4 Å². The summed E-state index contributed by atoms with van der Waals surface area (Å²) >= 11 is 0. The number of amides is 2. The average Bonchev–Trinajstić information content (AvgIpc) is 2.66. The van der Waals surface area contributed by atoms with Crippen LogP contribution in [0.5, 0.6) is 11.5 Å². The molecule has 1 heterocycles. The van der Waals surface area contributed by atoms with Crippen molar-refractivity contribution in [1.29, 1.82) is 0 Å². The van der Waals surface area contributed by atoms with Gasteiger partial charge in [-0.15, -0.1) is 0 Å². The van der Waals surface area contributed by atoms with Crippen LogP contribution >= 0.6 is 0 Å². The molecule has 6 nitrogen and oxygen atoms in total.